The first-order chi connectivity index (χ1) is 5.87. The van der Waals surface area contributed by atoms with E-state index in [1.165, 1.54) is 45.1 Å². The summed E-state index contributed by atoms with van der Waals surface area (Å²) in [5, 5.41) is 3.55. The molecule has 12 heavy (non-hydrogen) atoms. The molecule has 0 heterocycles. The highest BCUT2D eigenvalue weighted by atomic mass is 14.9. The first-order valence-corrected chi connectivity index (χ1v) is 5.58. The fourth-order valence-electron chi connectivity index (χ4n) is 2.88. The zero-order valence-electron chi connectivity index (χ0n) is 8.23. The van der Waals surface area contributed by atoms with Crippen LogP contribution in [0.3, 0.4) is 0 Å². The monoisotopic (exact) mass is 167 g/mol. The van der Waals surface area contributed by atoms with Crippen LogP contribution in [0.1, 0.15) is 45.4 Å². The molecule has 0 aliphatic heterocycles. The van der Waals surface area contributed by atoms with Gasteiger partial charge in [-0.05, 0) is 43.6 Å². The van der Waals surface area contributed by atoms with Crippen molar-refractivity contribution in [3.8, 4) is 0 Å². The minimum Gasteiger partial charge on any atom is -0.316 e. The highest BCUT2D eigenvalue weighted by molar-refractivity contribution is 4.98. The van der Waals surface area contributed by atoms with Crippen molar-refractivity contribution in [1.82, 2.24) is 5.32 Å². The van der Waals surface area contributed by atoms with Crippen molar-refractivity contribution in [2.45, 2.75) is 45.4 Å². The summed E-state index contributed by atoms with van der Waals surface area (Å²) >= 11 is 0. The SMILES string of the molecule is CCNCC1(C2CC2)CCCC1. The van der Waals surface area contributed by atoms with Gasteiger partial charge in [-0.25, -0.2) is 0 Å². The highest BCUT2D eigenvalue weighted by Gasteiger charge is 2.45. The third kappa shape index (κ3) is 1.52. The van der Waals surface area contributed by atoms with E-state index in [2.05, 4.69) is 12.2 Å². The molecule has 70 valence electrons. The van der Waals surface area contributed by atoms with Crippen LogP contribution in [0.5, 0.6) is 0 Å². The van der Waals surface area contributed by atoms with Crippen LogP contribution in [0.4, 0.5) is 0 Å². The predicted octanol–water partition coefficient (Wildman–Crippen LogP) is 2.57. The second-order valence-corrected chi connectivity index (χ2v) is 4.62. The van der Waals surface area contributed by atoms with E-state index in [1.54, 1.807) is 0 Å². The quantitative estimate of drug-likeness (QED) is 0.678. The van der Waals surface area contributed by atoms with E-state index in [-0.39, 0.29) is 0 Å². The average molecular weight is 167 g/mol. The molecular weight excluding hydrogens is 146 g/mol. The van der Waals surface area contributed by atoms with Crippen molar-refractivity contribution >= 4 is 0 Å². The van der Waals surface area contributed by atoms with Crippen molar-refractivity contribution < 1.29 is 0 Å². The first-order valence-electron chi connectivity index (χ1n) is 5.58. The van der Waals surface area contributed by atoms with Crippen LogP contribution in [0.15, 0.2) is 0 Å². The van der Waals surface area contributed by atoms with Gasteiger partial charge in [0.25, 0.3) is 0 Å². The van der Waals surface area contributed by atoms with Crippen LogP contribution in [0.25, 0.3) is 0 Å². The van der Waals surface area contributed by atoms with E-state index in [4.69, 9.17) is 0 Å². The zero-order valence-corrected chi connectivity index (χ0v) is 8.23. The van der Waals surface area contributed by atoms with E-state index in [1.807, 2.05) is 0 Å². The van der Waals surface area contributed by atoms with Gasteiger partial charge in [0.05, 0.1) is 0 Å². The van der Waals surface area contributed by atoms with Gasteiger partial charge in [0.1, 0.15) is 0 Å². The Hall–Kier alpha value is -0.0400. The molecule has 0 atom stereocenters. The lowest BCUT2D eigenvalue weighted by atomic mass is 9.81. The number of rotatable bonds is 4. The Kier molecular flexibility index (Phi) is 2.40. The third-order valence-electron chi connectivity index (χ3n) is 3.77. The van der Waals surface area contributed by atoms with Gasteiger partial charge in [-0.3, -0.25) is 0 Å². The smallest absolute Gasteiger partial charge is 0.00103 e. The summed E-state index contributed by atoms with van der Waals surface area (Å²) in [5.41, 5.74) is 0.746. The van der Waals surface area contributed by atoms with Gasteiger partial charge in [0, 0.05) is 6.54 Å². The summed E-state index contributed by atoms with van der Waals surface area (Å²) in [6.45, 7) is 4.66. The predicted molar refractivity (Wildman–Crippen MR) is 52.2 cm³/mol. The van der Waals surface area contributed by atoms with Crippen LogP contribution in [0.2, 0.25) is 0 Å². The number of nitrogens with one attached hydrogen (secondary N) is 1. The Balaban J connectivity index is 1.91. The van der Waals surface area contributed by atoms with Crippen molar-refractivity contribution in [1.29, 1.82) is 0 Å². The topological polar surface area (TPSA) is 12.0 Å². The molecular formula is C11H21N. The zero-order chi connectivity index (χ0) is 8.44. The van der Waals surface area contributed by atoms with Crippen molar-refractivity contribution in [2.24, 2.45) is 11.3 Å². The summed E-state index contributed by atoms with van der Waals surface area (Å²) in [5.74, 6) is 1.10. The van der Waals surface area contributed by atoms with Crippen molar-refractivity contribution in [2.75, 3.05) is 13.1 Å². The molecule has 2 rings (SSSR count). The Morgan fingerprint density at radius 1 is 1.25 bits per heavy atom. The largest absolute Gasteiger partial charge is 0.316 e. The highest BCUT2D eigenvalue weighted by Crippen LogP contribution is 2.54. The van der Waals surface area contributed by atoms with Gasteiger partial charge < -0.3 is 5.32 Å². The summed E-state index contributed by atoms with van der Waals surface area (Å²) < 4.78 is 0. The summed E-state index contributed by atoms with van der Waals surface area (Å²) in [6.07, 6.45) is 9.02. The minimum absolute atomic E-state index is 0.746. The van der Waals surface area contributed by atoms with Gasteiger partial charge in [-0.2, -0.15) is 0 Å². The van der Waals surface area contributed by atoms with Crippen molar-refractivity contribution in [3.05, 3.63) is 0 Å². The lowest BCUT2D eigenvalue weighted by Crippen LogP contribution is -2.33. The second-order valence-electron chi connectivity index (χ2n) is 4.62. The number of hydrogen-bond donors (Lipinski definition) is 1. The minimum atomic E-state index is 0.746. The Morgan fingerprint density at radius 3 is 2.42 bits per heavy atom. The Bertz CT molecular complexity index is 143. The van der Waals surface area contributed by atoms with Crippen LogP contribution < -0.4 is 5.32 Å². The molecule has 2 aliphatic rings. The molecule has 0 radical (unpaired) electrons. The van der Waals surface area contributed by atoms with E-state index < -0.39 is 0 Å². The van der Waals surface area contributed by atoms with Crippen LogP contribution in [-0.4, -0.2) is 13.1 Å². The second kappa shape index (κ2) is 3.37. The number of hydrogen-bond acceptors (Lipinski definition) is 1. The molecule has 0 bridgehead atoms. The molecule has 0 amide bonds. The molecule has 2 aliphatic carbocycles. The third-order valence-corrected chi connectivity index (χ3v) is 3.77. The molecule has 0 unspecified atom stereocenters. The maximum Gasteiger partial charge on any atom is 0.00103 e. The molecule has 1 nitrogen and oxygen atoms in total. The molecule has 0 saturated heterocycles. The summed E-state index contributed by atoms with van der Waals surface area (Å²) in [4.78, 5) is 0. The van der Waals surface area contributed by atoms with E-state index in [0.29, 0.717) is 0 Å². The van der Waals surface area contributed by atoms with Crippen LogP contribution >= 0.6 is 0 Å². The standard InChI is InChI=1S/C11H21N/c1-2-12-9-11(10-5-6-10)7-3-4-8-11/h10,12H,2-9H2,1H3. The molecule has 2 fully saturated rings. The Labute approximate surface area is 75.9 Å². The molecule has 1 heteroatoms. The molecule has 0 aromatic carbocycles. The van der Waals surface area contributed by atoms with Gasteiger partial charge >= 0.3 is 0 Å². The first kappa shape index (κ1) is 8.55. The Morgan fingerprint density at radius 2 is 1.92 bits per heavy atom. The van der Waals surface area contributed by atoms with Gasteiger partial charge in [0.2, 0.25) is 0 Å². The molecule has 0 aromatic rings. The van der Waals surface area contributed by atoms with Crippen LogP contribution in [0, 0.1) is 11.3 Å². The average Bonchev–Trinajstić information content (AvgIpc) is 2.84. The van der Waals surface area contributed by atoms with E-state index >= 15 is 0 Å². The van der Waals surface area contributed by atoms with Gasteiger partial charge in [-0.15, -0.1) is 0 Å². The molecule has 1 N–H and O–H groups in total. The lowest BCUT2D eigenvalue weighted by molar-refractivity contribution is 0.237. The van der Waals surface area contributed by atoms with Gasteiger partial charge in [-0.1, -0.05) is 19.8 Å². The molecule has 0 aromatic heterocycles. The summed E-state index contributed by atoms with van der Waals surface area (Å²) in [7, 11) is 0. The maximum atomic E-state index is 3.55. The molecule has 2 saturated carbocycles. The fourth-order valence-corrected chi connectivity index (χ4v) is 2.88. The van der Waals surface area contributed by atoms with Gasteiger partial charge in [0.15, 0.2) is 0 Å². The van der Waals surface area contributed by atoms with E-state index in [9.17, 15) is 0 Å². The molecule has 0 spiro atoms. The van der Waals surface area contributed by atoms with Crippen molar-refractivity contribution in [3.63, 3.8) is 0 Å². The maximum absolute atomic E-state index is 3.55. The lowest BCUT2D eigenvalue weighted by Gasteiger charge is -2.29. The van der Waals surface area contributed by atoms with Crippen LogP contribution in [-0.2, 0) is 0 Å². The summed E-state index contributed by atoms with van der Waals surface area (Å²) in [6, 6.07) is 0. The normalized spacial score (nSPS) is 27.8. The van der Waals surface area contributed by atoms with E-state index in [0.717, 1.165) is 17.9 Å². The fraction of sp³-hybridized carbons (Fsp3) is 1.00.